The fourth-order valence-corrected chi connectivity index (χ4v) is 8.78. The number of amidine groups is 2. The van der Waals surface area contributed by atoms with Crippen LogP contribution in [-0.4, -0.2) is 23.0 Å². The summed E-state index contributed by atoms with van der Waals surface area (Å²) in [5.41, 5.74) is 13.4. The molecule has 1 aliphatic carbocycles. The lowest BCUT2D eigenvalue weighted by molar-refractivity contribution is 0.769. The van der Waals surface area contributed by atoms with Crippen molar-refractivity contribution in [1.82, 2.24) is 4.57 Å². The fraction of sp³-hybridized carbons (Fsp3) is 0.0377. The van der Waals surface area contributed by atoms with Crippen molar-refractivity contribution in [3.05, 3.63) is 240 Å². The SMILES string of the molecule is C=NC(=N/C(=N\Cn1c2ccccc2c2cc3c(cc21)-c1ccc(-c2ccccc2)cc1C3(c1ccccc1)c1ccccc1)c1ccccc1)c1ccccc1. The lowest BCUT2D eigenvalue weighted by Gasteiger charge is -2.34. The van der Waals surface area contributed by atoms with Crippen molar-refractivity contribution in [3.63, 3.8) is 0 Å². The largest absolute Gasteiger partial charge is 0.320 e. The second kappa shape index (κ2) is 14.3. The highest BCUT2D eigenvalue weighted by molar-refractivity contribution is 6.13. The zero-order valence-corrected chi connectivity index (χ0v) is 31.3. The van der Waals surface area contributed by atoms with Gasteiger partial charge < -0.3 is 4.57 Å². The highest BCUT2D eigenvalue weighted by Crippen LogP contribution is 2.58. The Bertz CT molecular complexity index is 2930. The van der Waals surface area contributed by atoms with Crippen LogP contribution in [0.5, 0.6) is 0 Å². The zero-order valence-electron chi connectivity index (χ0n) is 31.3. The Kier molecular flexibility index (Phi) is 8.57. The Hall–Kier alpha value is -7.43. The van der Waals surface area contributed by atoms with Crippen molar-refractivity contribution in [2.24, 2.45) is 15.0 Å². The number of para-hydroxylation sites is 1. The number of aliphatic imine (C=N–C) groups is 3. The van der Waals surface area contributed by atoms with E-state index in [4.69, 9.17) is 9.98 Å². The van der Waals surface area contributed by atoms with Crippen LogP contribution in [0, 0.1) is 0 Å². The van der Waals surface area contributed by atoms with E-state index in [2.05, 4.69) is 162 Å². The number of aromatic nitrogens is 1. The molecule has 0 fully saturated rings. The summed E-state index contributed by atoms with van der Waals surface area (Å²) in [6.07, 6.45) is 0. The van der Waals surface area contributed by atoms with Gasteiger partial charge in [-0.2, -0.15) is 0 Å². The Morgan fingerprint density at radius 2 is 1.00 bits per heavy atom. The van der Waals surface area contributed by atoms with E-state index in [-0.39, 0.29) is 0 Å². The Labute approximate surface area is 332 Å². The predicted molar refractivity (Wildman–Crippen MR) is 238 cm³/mol. The van der Waals surface area contributed by atoms with Gasteiger partial charge in [0.15, 0.2) is 11.7 Å². The molecule has 0 aliphatic heterocycles. The molecule has 270 valence electrons. The van der Waals surface area contributed by atoms with E-state index in [1.165, 1.54) is 55.3 Å². The molecule has 0 amide bonds. The van der Waals surface area contributed by atoms with Gasteiger partial charge in [0.2, 0.25) is 0 Å². The van der Waals surface area contributed by atoms with Crippen LogP contribution in [0.2, 0.25) is 0 Å². The quantitative estimate of drug-likeness (QED) is 0.116. The lowest BCUT2D eigenvalue weighted by Crippen LogP contribution is -2.28. The first-order chi connectivity index (χ1) is 28.2. The van der Waals surface area contributed by atoms with Crippen LogP contribution in [0.1, 0.15) is 33.4 Å². The summed E-state index contributed by atoms with van der Waals surface area (Å²) in [6, 6.07) is 73.4. The van der Waals surface area contributed by atoms with Gasteiger partial charge >= 0.3 is 0 Å². The maximum absolute atomic E-state index is 5.26. The average molecular weight is 731 g/mol. The first kappa shape index (κ1) is 34.1. The van der Waals surface area contributed by atoms with E-state index >= 15 is 0 Å². The molecule has 4 nitrogen and oxygen atoms in total. The van der Waals surface area contributed by atoms with Gasteiger partial charge in [0.05, 0.1) is 16.4 Å². The van der Waals surface area contributed by atoms with Crippen LogP contribution in [0.25, 0.3) is 44.1 Å². The minimum absolute atomic E-state index is 0.359. The molecule has 57 heavy (non-hydrogen) atoms. The number of rotatable bonds is 7. The maximum atomic E-state index is 5.26. The van der Waals surface area contributed by atoms with Gasteiger partial charge in [-0.05, 0) is 75.5 Å². The van der Waals surface area contributed by atoms with Gasteiger partial charge in [0.25, 0.3) is 0 Å². The molecule has 0 saturated heterocycles. The molecule has 0 bridgehead atoms. The van der Waals surface area contributed by atoms with E-state index < -0.39 is 5.41 Å². The van der Waals surface area contributed by atoms with Crippen molar-refractivity contribution in [2.45, 2.75) is 12.1 Å². The summed E-state index contributed by atoms with van der Waals surface area (Å²) in [4.78, 5) is 14.6. The molecular formula is C53H38N4. The molecule has 0 spiro atoms. The Morgan fingerprint density at radius 1 is 0.456 bits per heavy atom. The summed E-state index contributed by atoms with van der Waals surface area (Å²) >= 11 is 0. The minimum Gasteiger partial charge on any atom is -0.320 e. The summed E-state index contributed by atoms with van der Waals surface area (Å²) < 4.78 is 2.33. The molecule has 0 N–H and O–H groups in total. The Balaban J connectivity index is 1.23. The van der Waals surface area contributed by atoms with Crippen molar-refractivity contribution >= 4 is 40.2 Å². The maximum Gasteiger partial charge on any atom is 0.161 e. The second-order valence-corrected chi connectivity index (χ2v) is 14.4. The fourth-order valence-electron chi connectivity index (χ4n) is 8.78. The molecule has 9 aromatic rings. The van der Waals surface area contributed by atoms with Crippen LogP contribution >= 0.6 is 0 Å². The predicted octanol–water partition coefficient (Wildman–Crippen LogP) is 12.4. The molecule has 0 atom stereocenters. The topological polar surface area (TPSA) is 42.0 Å². The second-order valence-electron chi connectivity index (χ2n) is 14.4. The van der Waals surface area contributed by atoms with E-state index in [9.17, 15) is 0 Å². The lowest BCUT2D eigenvalue weighted by atomic mass is 9.67. The standard InChI is InChI=1S/C53H38N4/c1-54-51(38-21-9-3-10-22-38)56-52(39-23-11-4-12-24-39)55-36-57-49-30-18-17-29-44(49)46-34-48-45(35-50(46)57)43-32-31-40(37-19-7-2-8-20-37)33-47(43)53(48,41-25-13-5-14-26-41)42-27-15-6-16-28-42/h2-35H,1,36H2/b55-52-,56-51?. The zero-order chi connectivity index (χ0) is 38.2. The molecule has 1 heterocycles. The van der Waals surface area contributed by atoms with Crippen LogP contribution in [0.4, 0.5) is 0 Å². The van der Waals surface area contributed by atoms with Crippen molar-refractivity contribution in [3.8, 4) is 22.3 Å². The number of fused-ring (bicyclic) bond motifs is 6. The third-order valence-electron chi connectivity index (χ3n) is 11.3. The summed E-state index contributed by atoms with van der Waals surface area (Å²) in [6.45, 7) is 4.22. The number of hydrogen-bond acceptors (Lipinski definition) is 1. The molecule has 4 heteroatoms. The van der Waals surface area contributed by atoms with E-state index in [1.807, 2.05) is 60.7 Å². The third-order valence-corrected chi connectivity index (χ3v) is 11.3. The molecule has 0 saturated carbocycles. The van der Waals surface area contributed by atoms with Crippen LogP contribution < -0.4 is 0 Å². The molecule has 10 rings (SSSR count). The minimum atomic E-state index is -0.547. The van der Waals surface area contributed by atoms with E-state index in [0.717, 1.165) is 22.2 Å². The van der Waals surface area contributed by atoms with Gasteiger partial charge in [-0.1, -0.05) is 182 Å². The number of hydrogen-bond donors (Lipinski definition) is 0. The van der Waals surface area contributed by atoms with E-state index in [0.29, 0.717) is 18.3 Å². The van der Waals surface area contributed by atoms with Gasteiger partial charge in [-0.3, -0.25) is 0 Å². The van der Waals surface area contributed by atoms with Crippen LogP contribution in [0.3, 0.4) is 0 Å². The van der Waals surface area contributed by atoms with Gasteiger partial charge in [0, 0.05) is 21.9 Å². The molecule has 0 unspecified atom stereocenters. The molecule has 8 aromatic carbocycles. The Morgan fingerprint density at radius 3 is 1.63 bits per heavy atom. The van der Waals surface area contributed by atoms with Crippen molar-refractivity contribution in [1.29, 1.82) is 0 Å². The van der Waals surface area contributed by atoms with Gasteiger partial charge in [0.1, 0.15) is 6.67 Å². The van der Waals surface area contributed by atoms with Crippen molar-refractivity contribution < 1.29 is 0 Å². The summed E-state index contributed by atoms with van der Waals surface area (Å²) in [7, 11) is 0. The summed E-state index contributed by atoms with van der Waals surface area (Å²) in [5, 5.41) is 2.37. The van der Waals surface area contributed by atoms with Crippen LogP contribution in [-0.2, 0) is 12.1 Å². The first-order valence-corrected chi connectivity index (χ1v) is 19.3. The molecule has 1 aromatic heterocycles. The van der Waals surface area contributed by atoms with Crippen molar-refractivity contribution in [2.75, 3.05) is 0 Å². The smallest absolute Gasteiger partial charge is 0.161 e. The first-order valence-electron chi connectivity index (χ1n) is 19.3. The average Bonchev–Trinajstić information content (AvgIpc) is 3.76. The highest BCUT2D eigenvalue weighted by Gasteiger charge is 2.46. The molecular weight excluding hydrogens is 693 g/mol. The number of benzene rings is 8. The monoisotopic (exact) mass is 730 g/mol. The number of nitrogens with zero attached hydrogens (tertiary/aromatic N) is 4. The highest BCUT2D eigenvalue weighted by atomic mass is 15.1. The molecule has 1 aliphatic rings. The van der Waals surface area contributed by atoms with Gasteiger partial charge in [-0.25, -0.2) is 15.0 Å². The van der Waals surface area contributed by atoms with Crippen LogP contribution in [0.15, 0.2) is 221 Å². The molecule has 0 radical (unpaired) electrons. The summed E-state index contributed by atoms with van der Waals surface area (Å²) in [5.74, 6) is 1.13. The van der Waals surface area contributed by atoms with Gasteiger partial charge in [-0.15, -0.1) is 0 Å². The normalized spacial score (nSPS) is 13.4. The third kappa shape index (κ3) is 5.73. The van der Waals surface area contributed by atoms with E-state index in [1.54, 1.807) is 0 Å².